The second kappa shape index (κ2) is 7.06. The Labute approximate surface area is 140 Å². The Hall–Kier alpha value is -1.99. The third kappa shape index (κ3) is 3.68. The standard InChI is InChI=1S/C15H18FN5O.ClH/c1-10-7-12(16)3-4-14(10)21-9-13(18-19-21)15(22)20-6-5-17-11(2)8-20;/h3-4,7,9,11,17H,5-6,8H2,1-2H3;1H/t11-;/m1./s1. The highest BCUT2D eigenvalue weighted by Gasteiger charge is 2.24. The molecule has 1 aliphatic heterocycles. The molecule has 0 aliphatic carbocycles. The molecule has 23 heavy (non-hydrogen) atoms. The number of rotatable bonds is 2. The normalized spacial score (nSPS) is 17.7. The van der Waals surface area contributed by atoms with E-state index in [2.05, 4.69) is 15.6 Å². The third-order valence-electron chi connectivity index (χ3n) is 3.77. The van der Waals surface area contributed by atoms with Crippen LogP contribution < -0.4 is 5.32 Å². The first-order valence-electron chi connectivity index (χ1n) is 7.26. The molecule has 1 fully saturated rings. The van der Waals surface area contributed by atoms with Gasteiger partial charge in [-0.1, -0.05) is 5.21 Å². The van der Waals surface area contributed by atoms with E-state index in [1.165, 1.54) is 16.8 Å². The number of aromatic nitrogens is 3. The lowest BCUT2D eigenvalue weighted by molar-refractivity contribution is 0.0703. The molecule has 3 rings (SSSR count). The van der Waals surface area contributed by atoms with Crippen molar-refractivity contribution < 1.29 is 9.18 Å². The molecule has 1 amide bonds. The number of halogens is 2. The number of carbonyl (C=O) groups excluding carboxylic acids is 1. The minimum atomic E-state index is -0.299. The number of nitrogens with one attached hydrogen (secondary N) is 1. The van der Waals surface area contributed by atoms with Crippen molar-refractivity contribution in [2.24, 2.45) is 0 Å². The molecule has 1 N–H and O–H groups in total. The molecule has 0 saturated carbocycles. The zero-order valence-electron chi connectivity index (χ0n) is 13.0. The van der Waals surface area contributed by atoms with E-state index in [4.69, 9.17) is 0 Å². The van der Waals surface area contributed by atoms with Gasteiger partial charge in [0.1, 0.15) is 5.82 Å². The monoisotopic (exact) mass is 339 g/mol. The van der Waals surface area contributed by atoms with Gasteiger partial charge in [-0.15, -0.1) is 17.5 Å². The van der Waals surface area contributed by atoms with E-state index in [1.54, 1.807) is 24.1 Å². The molecule has 1 aromatic heterocycles. The molecule has 2 aromatic rings. The van der Waals surface area contributed by atoms with Crippen molar-refractivity contribution in [3.05, 3.63) is 41.5 Å². The molecule has 0 spiro atoms. The molecular formula is C15H19ClFN5O. The SMILES string of the molecule is Cc1cc(F)ccc1-n1cc(C(=O)N2CCN[C@H](C)C2)nn1.Cl. The van der Waals surface area contributed by atoms with Gasteiger partial charge in [-0.25, -0.2) is 9.07 Å². The molecule has 1 saturated heterocycles. The van der Waals surface area contributed by atoms with Gasteiger partial charge in [0, 0.05) is 25.7 Å². The van der Waals surface area contributed by atoms with Gasteiger partial charge in [-0.05, 0) is 37.6 Å². The van der Waals surface area contributed by atoms with Crippen LogP contribution in [0.3, 0.4) is 0 Å². The highest BCUT2D eigenvalue weighted by atomic mass is 35.5. The van der Waals surface area contributed by atoms with Gasteiger partial charge in [0.05, 0.1) is 11.9 Å². The van der Waals surface area contributed by atoms with Crippen molar-refractivity contribution in [2.75, 3.05) is 19.6 Å². The predicted molar refractivity (Wildman–Crippen MR) is 86.7 cm³/mol. The smallest absolute Gasteiger partial charge is 0.276 e. The van der Waals surface area contributed by atoms with Gasteiger partial charge < -0.3 is 10.2 Å². The summed E-state index contributed by atoms with van der Waals surface area (Å²) in [6.07, 6.45) is 1.59. The Balaban J connectivity index is 0.00000192. The van der Waals surface area contributed by atoms with Gasteiger partial charge in [0.15, 0.2) is 5.69 Å². The summed E-state index contributed by atoms with van der Waals surface area (Å²) in [6.45, 7) is 5.92. The highest BCUT2D eigenvalue weighted by molar-refractivity contribution is 5.92. The lowest BCUT2D eigenvalue weighted by Crippen LogP contribution is -2.51. The molecule has 0 radical (unpaired) electrons. The Bertz CT molecular complexity index is 705. The number of amides is 1. The van der Waals surface area contributed by atoms with Crippen molar-refractivity contribution in [2.45, 2.75) is 19.9 Å². The second-order valence-electron chi connectivity index (χ2n) is 5.59. The van der Waals surface area contributed by atoms with Crippen LogP contribution in [-0.2, 0) is 0 Å². The molecule has 0 unspecified atom stereocenters. The number of nitrogens with zero attached hydrogens (tertiary/aromatic N) is 4. The average Bonchev–Trinajstić information content (AvgIpc) is 2.96. The number of hydrogen-bond acceptors (Lipinski definition) is 4. The van der Waals surface area contributed by atoms with Gasteiger partial charge >= 0.3 is 0 Å². The summed E-state index contributed by atoms with van der Waals surface area (Å²) in [5.41, 5.74) is 1.75. The van der Waals surface area contributed by atoms with E-state index in [1.807, 2.05) is 6.92 Å². The lowest BCUT2D eigenvalue weighted by atomic mass is 10.2. The Kier molecular flexibility index (Phi) is 5.33. The Morgan fingerprint density at radius 3 is 2.91 bits per heavy atom. The maximum absolute atomic E-state index is 13.2. The third-order valence-corrected chi connectivity index (χ3v) is 3.77. The highest BCUT2D eigenvalue weighted by Crippen LogP contribution is 2.15. The van der Waals surface area contributed by atoms with E-state index in [-0.39, 0.29) is 30.2 Å². The van der Waals surface area contributed by atoms with Crippen LogP contribution in [0.5, 0.6) is 0 Å². The molecule has 0 bridgehead atoms. The zero-order valence-corrected chi connectivity index (χ0v) is 13.8. The molecule has 1 aliphatic rings. The number of piperazine rings is 1. The minimum Gasteiger partial charge on any atom is -0.334 e. The van der Waals surface area contributed by atoms with E-state index < -0.39 is 0 Å². The maximum atomic E-state index is 13.2. The molecule has 124 valence electrons. The van der Waals surface area contributed by atoms with Crippen LogP contribution in [0.1, 0.15) is 23.0 Å². The predicted octanol–water partition coefficient (Wildman–Crippen LogP) is 1.57. The zero-order chi connectivity index (χ0) is 15.7. The largest absolute Gasteiger partial charge is 0.334 e. The summed E-state index contributed by atoms with van der Waals surface area (Å²) in [7, 11) is 0. The number of aryl methyl sites for hydroxylation is 1. The fourth-order valence-corrected chi connectivity index (χ4v) is 2.63. The molecule has 8 heteroatoms. The summed E-state index contributed by atoms with van der Waals surface area (Å²) in [4.78, 5) is 14.2. The molecule has 1 aromatic carbocycles. The van der Waals surface area contributed by atoms with E-state index in [0.717, 1.165) is 12.1 Å². The van der Waals surface area contributed by atoms with Crippen LogP contribution in [0.15, 0.2) is 24.4 Å². The first kappa shape index (κ1) is 17.4. The van der Waals surface area contributed by atoms with Gasteiger partial charge in [-0.2, -0.15) is 0 Å². The Morgan fingerprint density at radius 1 is 1.43 bits per heavy atom. The first-order valence-corrected chi connectivity index (χ1v) is 7.26. The van der Waals surface area contributed by atoms with Crippen LogP contribution in [0.2, 0.25) is 0 Å². The summed E-state index contributed by atoms with van der Waals surface area (Å²) in [6, 6.07) is 4.69. The van der Waals surface area contributed by atoms with Gasteiger partial charge in [0.25, 0.3) is 5.91 Å². The van der Waals surface area contributed by atoms with Crippen LogP contribution in [0, 0.1) is 12.7 Å². The number of benzene rings is 1. The topological polar surface area (TPSA) is 63.1 Å². The van der Waals surface area contributed by atoms with E-state index >= 15 is 0 Å². The van der Waals surface area contributed by atoms with E-state index in [0.29, 0.717) is 24.5 Å². The van der Waals surface area contributed by atoms with Crippen LogP contribution in [0.4, 0.5) is 4.39 Å². The van der Waals surface area contributed by atoms with Crippen molar-refractivity contribution in [3.63, 3.8) is 0 Å². The summed E-state index contributed by atoms with van der Waals surface area (Å²) < 4.78 is 14.7. The number of hydrogen-bond donors (Lipinski definition) is 1. The van der Waals surface area contributed by atoms with Crippen LogP contribution in [-0.4, -0.2) is 51.5 Å². The second-order valence-corrected chi connectivity index (χ2v) is 5.59. The van der Waals surface area contributed by atoms with Gasteiger partial charge in [0.2, 0.25) is 0 Å². The molecular weight excluding hydrogens is 321 g/mol. The van der Waals surface area contributed by atoms with Crippen molar-refractivity contribution in [1.82, 2.24) is 25.2 Å². The molecule has 2 heterocycles. The summed E-state index contributed by atoms with van der Waals surface area (Å²) in [5, 5.41) is 11.2. The summed E-state index contributed by atoms with van der Waals surface area (Å²) in [5.74, 6) is -0.424. The van der Waals surface area contributed by atoms with Crippen LogP contribution >= 0.6 is 12.4 Å². The molecule has 6 nitrogen and oxygen atoms in total. The fraction of sp³-hybridized carbons (Fsp3) is 0.400. The maximum Gasteiger partial charge on any atom is 0.276 e. The van der Waals surface area contributed by atoms with Crippen molar-refractivity contribution in [1.29, 1.82) is 0 Å². The average molecular weight is 340 g/mol. The Morgan fingerprint density at radius 2 is 2.22 bits per heavy atom. The van der Waals surface area contributed by atoms with Gasteiger partial charge in [-0.3, -0.25) is 4.79 Å². The van der Waals surface area contributed by atoms with Crippen molar-refractivity contribution in [3.8, 4) is 5.69 Å². The first-order chi connectivity index (χ1) is 10.5. The number of carbonyl (C=O) groups is 1. The lowest BCUT2D eigenvalue weighted by Gasteiger charge is -2.31. The minimum absolute atomic E-state index is 0. The quantitative estimate of drug-likeness (QED) is 0.902. The fourth-order valence-electron chi connectivity index (χ4n) is 2.63. The van der Waals surface area contributed by atoms with Crippen molar-refractivity contribution >= 4 is 18.3 Å². The van der Waals surface area contributed by atoms with Crippen LogP contribution in [0.25, 0.3) is 5.69 Å². The van der Waals surface area contributed by atoms with E-state index in [9.17, 15) is 9.18 Å². The molecule has 1 atom stereocenters. The summed E-state index contributed by atoms with van der Waals surface area (Å²) >= 11 is 0.